The molecule has 0 bridgehead atoms. The second kappa shape index (κ2) is 9.35. The lowest BCUT2D eigenvalue weighted by Crippen LogP contribution is -2.41. The fourth-order valence-corrected chi connectivity index (χ4v) is 6.42. The van der Waals surface area contributed by atoms with Crippen molar-refractivity contribution in [1.29, 1.82) is 0 Å². The molecular formula is C26H28FN3O3S. The fourth-order valence-electron chi connectivity index (χ4n) is 4.92. The van der Waals surface area contributed by atoms with Crippen molar-refractivity contribution in [3.63, 3.8) is 0 Å². The summed E-state index contributed by atoms with van der Waals surface area (Å²) in [6, 6.07) is 17.6. The Kier molecular flexibility index (Phi) is 6.27. The molecule has 0 aliphatic carbocycles. The Bertz CT molecular complexity index is 1310. The molecule has 6 nitrogen and oxygen atoms in total. The normalized spacial score (nSPS) is 17.9. The number of amides is 1. The Balaban J connectivity index is 1.27. The third-order valence-corrected chi connectivity index (χ3v) is 8.76. The van der Waals surface area contributed by atoms with Crippen molar-refractivity contribution >= 4 is 38.1 Å². The van der Waals surface area contributed by atoms with Gasteiger partial charge in [0.15, 0.2) is 0 Å². The molecule has 0 unspecified atom stereocenters. The van der Waals surface area contributed by atoms with Crippen LogP contribution in [-0.4, -0.2) is 44.8 Å². The molecule has 0 saturated carbocycles. The zero-order chi connectivity index (χ0) is 23.7. The highest BCUT2D eigenvalue weighted by molar-refractivity contribution is 7.89. The SMILES string of the molecule is O=C(Nc1c(F)cccc1N1CCCC1)C1CCN(S(=O)(=O)c2ccc3ccccc3c2)CC1. The van der Waals surface area contributed by atoms with Gasteiger partial charge in [0.25, 0.3) is 0 Å². The van der Waals surface area contributed by atoms with Crippen LogP contribution in [0.15, 0.2) is 65.6 Å². The summed E-state index contributed by atoms with van der Waals surface area (Å²) < 4.78 is 42.5. The maximum Gasteiger partial charge on any atom is 0.243 e. The average molecular weight is 482 g/mol. The highest BCUT2D eigenvalue weighted by Crippen LogP contribution is 2.33. The molecule has 1 N–H and O–H groups in total. The largest absolute Gasteiger partial charge is 0.370 e. The molecule has 2 fully saturated rings. The summed E-state index contributed by atoms with van der Waals surface area (Å²) >= 11 is 0. The van der Waals surface area contributed by atoms with E-state index in [0.717, 1.165) is 36.7 Å². The number of halogens is 1. The summed E-state index contributed by atoms with van der Waals surface area (Å²) in [5.74, 6) is -1.07. The van der Waals surface area contributed by atoms with E-state index in [1.807, 2.05) is 36.4 Å². The Morgan fingerprint density at radius 2 is 1.59 bits per heavy atom. The van der Waals surface area contributed by atoms with Crippen LogP contribution in [0.5, 0.6) is 0 Å². The molecule has 0 aromatic heterocycles. The number of fused-ring (bicyclic) bond motifs is 1. The summed E-state index contributed by atoms with van der Waals surface area (Å²) in [5.41, 5.74) is 0.933. The van der Waals surface area contributed by atoms with E-state index in [2.05, 4.69) is 10.2 Å². The minimum atomic E-state index is -3.65. The van der Waals surface area contributed by atoms with Crippen molar-refractivity contribution in [2.75, 3.05) is 36.4 Å². The van der Waals surface area contributed by atoms with Crippen LogP contribution in [0.2, 0.25) is 0 Å². The van der Waals surface area contributed by atoms with Crippen LogP contribution < -0.4 is 10.2 Å². The van der Waals surface area contributed by atoms with Crippen molar-refractivity contribution in [3.8, 4) is 0 Å². The number of benzene rings is 3. The lowest BCUT2D eigenvalue weighted by molar-refractivity contribution is -0.120. The van der Waals surface area contributed by atoms with Gasteiger partial charge in [-0.2, -0.15) is 4.31 Å². The Morgan fingerprint density at radius 1 is 0.882 bits per heavy atom. The molecule has 2 heterocycles. The van der Waals surface area contributed by atoms with Crippen LogP contribution >= 0.6 is 0 Å². The van der Waals surface area contributed by atoms with Gasteiger partial charge in [-0.15, -0.1) is 0 Å². The number of rotatable bonds is 5. The predicted molar refractivity (Wildman–Crippen MR) is 132 cm³/mol. The zero-order valence-electron chi connectivity index (χ0n) is 18.9. The molecular weight excluding hydrogens is 453 g/mol. The number of hydrogen-bond acceptors (Lipinski definition) is 4. The van der Waals surface area contributed by atoms with Gasteiger partial charge in [-0.3, -0.25) is 4.79 Å². The molecule has 0 spiro atoms. The van der Waals surface area contributed by atoms with Crippen molar-refractivity contribution in [3.05, 3.63) is 66.5 Å². The number of piperidine rings is 1. The van der Waals surface area contributed by atoms with E-state index in [0.29, 0.717) is 18.5 Å². The van der Waals surface area contributed by atoms with Crippen LogP contribution in [0.4, 0.5) is 15.8 Å². The second-order valence-electron chi connectivity index (χ2n) is 9.00. The summed E-state index contributed by atoms with van der Waals surface area (Å²) in [7, 11) is -3.65. The molecule has 5 rings (SSSR count). The first-order valence-corrected chi connectivity index (χ1v) is 13.2. The molecule has 2 saturated heterocycles. The standard InChI is InChI=1S/C26H28FN3O3S/c27-23-8-5-9-24(29-14-3-4-15-29)25(23)28-26(31)20-12-16-30(17-13-20)34(32,33)22-11-10-19-6-1-2-7-21(19)18-22/h1-2,5-11,18,20H,3-4,12-17H2,(H,28,31). The smallest absolute Gasteiger partial charge is 0.243 e. The molecule has 3 aromatic carbocycles. The molecule has 1 amide bonds. The van der Waals surface area contributed by atoms with Gasteiger partial charge in [-0.05, 0) is 60.7 Å². The van der Waals surface area contributed by atoms with Gasteiger partial charge < -0.3 is 10.2 Å². The molecule has 2 aliphatic heterocycles. The number of nitrogens with zero attached hydrogens (tertiary/aromatic N) is 2. The van der Waals surface area contributed by atoms with Crippen LogP contribution in [0.3, 0.4) is 0 Å². The van der Waals surface area contributed by atoms with Gasteiger partial charge in [0, 0.05) is 32.1 Å². The summed E-state index contributed by atoms with van der Waals surface area (Å²) in [6.07, 6.45) is 2.89. The number of hydrogen-bond donors (Lipinski definition) is 1. The number of carbonyl (C=O) groups is 1. The minimum Gasteiger partial charge on any atom is -0.370 e. The van der Waals surface area contributed by atoms with Crippen LogP contribution in [0, 0.1) is 11.7 Å². The first-order valence-electron chi connectivity index (χ1n) is 11.8. The maximum absolute atomic E-state index is 14.6. The lowest BCUT2D eigenvalue weighted by atomic mass is 9.97. The Morgan fingerprint density at radius 3 is 2.32 bits per heavy atom. The maximum atomic E-state index is 14.6. The zero-order valence-corrected chi connectivity index (χ0v) is 19.7. The number of anilines is 2. The minimum absolute atomic E-state index is 0.223. The highest BCUT2D eigenvalue weighted by atomic mass is 32.2. The molecule has 2 aliphatic rings. The van der Waals surface area contributed by atoms with E-state index in [9.17, 15) is 17.6 Å². The van der Waals surface area contributed by atoms with Gasteiger partial charge in [0.05, 0.1) is 10.6 Å². The van der Waals surface area contributed by atoms with Gasteiger partial charge in [-0.25, -0.2) is 12.8 Å². The lowest BCUT2D eigenvalue weighted by Gasteiger charge is -2.31. The first kappa shape index (κ1) is 22.8. The van der Waals surface area contributed by atoms with Crippen LogP contribution in [0.25, 0.3) is 10.8 Å². The first-order chi connectivity index (χ1) is 16.4. The highest BCUT2D eigenvalue weighted by Gasteiger charge is 2.33. The van der Waals surface area contributed by atoms with E-state index in [1.54, 1.807) is 18.2 Å². The van der Waals surface area contributed by atoms with E-state index in [1.165, 1.54) is 10.4 Å². The van der Waals surface area contributed by atoms with Crippen molar-refractivity contribution < 1.29 is 17.6 Å². The van der Waals surface area contributed by atoms with E-state index < -0.39 is 15.8 Å². The van der Waals surface area contributed by atoms with Gasteiger partial charge in [-0.1, -0.05) is 36.4 Å². The average Bonchev–Trinajstić information content (AvgIpc) is 3.40. The van der Waals surface area contributed by atoms with Gasteiger partial charge in [0.2, 0.25) is 15.9 Å². The summed E-state index contributed by atoms with van der Waals surface area (Å²) in [5, 5.41) is 4.66. The third-order valence-electron chi connectivity index (χ3n) is 6.87. The molecule has 34 heavy (non-hydrogen) atoms. The number of nitrogens with one attached hydrogen (secondary N) is 1. The molecule has 3 aromatic rings. The Hall–Kier alpha value is -2.97. The quantitative estimate of drug-likeness (QED) is 0.578. The predicted octanol–water partition coefficient (Wildman–Crippen LogP) is 4.62. The molecule has 0 atom stereocenters. The number of sulfonamides is 1. The van der Waals surface area contributed by atoms with E-state index in [4.69, 9.17) is 0 Å². The summed E-state index contributed by atoms with van der Waals surface area (Å²) in [6.45, 7) is 2.20. The molecule has 8 heteroatoms. The van der Waals surface area contributed by atoms with E-state index >= 15 is 0 Å². The third kappa shape index (κ3) is 4.40. The van der Waals surface area contributed by atoms with Crippen molar-refractivity contribution in [2.24, 2.45) is 5.92 Å². The Labute approximate surface area is 199 Å². The van der Waals surface area contributed by atoms with Gasteiger partial charge in [0.1, 0.15) is 11.5 Å². The fraction of sp³-hybridized carbons (Fsp3) is 0.346. The molecule has 0 radical (unpaired) electrons. The topological polar surface area (TPSA) is 69.7 Å². The van der Waals surface area contributed by atoms with Crippen molar-refractivity contribution in [1.82, 2.24) is 4.31 Å². The molecule has 178 valence electrons. The number of carbonyl (C=O) groups excluding carboxylic acids is 1. The van der Waals surface area contributed by atoms with Crippen LogP contribution in [-0.2, 0) is 14.8 Å². The number of para-hydroxylation sites is 1. The van der Waals surface area contributed by atoms with Crippen molar-refractivity contribution in [2.45, 2.75) is 30.6 Å². The van der Waals surface area contributed by atoms with Gasteiger partial charge >= 0.3 is 0 Å². The monoisotopic (exact) mass is 481 g/mol. The summed E-state index contributed by atoms with van der Waals surface area (Å²) in [4.78, 5) is 15.3. The van der Waals surface area contributed by atoms with E-state index in [-0.39, 0.29) is 35.5 Å². The second-order valence-corrected chi connectivity index (χ2v) is 10.9. The van der Waals surface area contributed by atoms with Crippen LogP contribution in [0.1, 0.15) is 25.7 Å².